The topological polar surface area (TPSA) is 72.9 Å². The monoisotopic (exact) mass is 220 g/mol. The van der Waals surface area contributed by atoms with Gasteiger partial charge in [-0.2, -0.15) is 5.21 Å². The van der Waals surface area contributed by atoms with Crippen LogP contribution in [-0.2, 0) is 6.61 Å². The van der Waals surface area contributed by atoms with Crippen molar-refractivity contribution < 1.29 is 9.47 Å². The Bertz CT molecular complexity index is 430. The van der Waals surface area contributed by atoms with Gasteiger partial charge in [0.25, 0.3) is 0 Å². The molecule has 0 saturated carbocycles. The molecule has 2 rings (SSSR count). The largest absolute Gasteiger partial charge is 0.494 e. The highest BCUT2D eigenvalue weighted by Gasteiger charge is 2.01. The summed E-state index contributed by atoms with van der Waals surface area (Å²) in [4.78, 5) is 0. The van der Waals surface area contributed by atoms with Crippen LogP contribution in [0.2, 0.25) is 0 Å². The molecule has 6 nitrogen and oxygen atoms in total. The molecule has 0 saturated heterocycles. The van der Waals surface area contributed by atoms with Gasteiger partial charge in [-0.05, 0) is 19.1 Å². The van der Waals surface area contributed by atoms with Crippen LogP contribution in [0.4, 0.5) is 0 Å². The number of ether oxygens (including phenoxy) is 2. The maximum absolute atomic E-state index is 5.47. The van der Waals surface area contributed by atoms with E-state index in [-0.39, 0.29) is 6.61 Å². The van der Waals surface area contributed by atoms with Crippen molar-refractivity contribution in [2.75, 3.05) is 6.61 Å². The van der Waals surface area contributed by atoms with Crippen LogP contribution in [0.3, 0.4) is 0 Å². The molecule has 1 N–H and O–H groups in total. The van der Waals surface area contributed by atoms with Crippen LogP contribution in [0.1, 0.15) is 12.7 Å². The van der Waals surface area contributed by atoms with E-state index in [0.29, 0.717) is 12.4 Å². The van der Waals surface area contributed by atoms with Gasteiger partial charge < -0.3 is 9.47 Å². The molecule has 0 radical (unpaired) electrons. The first kappa shape index (κ1) is 10.4. The number of rotatable bonds is 5. The van der Waals surface area contributed by atoms with Gasteiger partial charge in [0.15, 0.2) is 6.61 Å². The summed E-state index contributed by atoms with van der Waals surface area (Å²) in [7, 11) is 0. The number of hydrogen-bond donors (Lipinski definition) is 1. The van der Waals surface area contributed by atoms with Crippen LogP contribution in [0.5, 0.6) is 11.5 Å². The van der Waals surface area contributed by atoms with E-state index in [2.05, 4.69) is 20.6 Å². The Labute approximate surface area is 92.6 Å². The van der Waals surface area contributed by atoms with Gasteiger partial charge in [0.2, 0.25) is 5.82 Å². The lowest BCUT2D eigenvalue weighted by atomic mass is 10.3. The van der Waals surface area contributed by atoms with Crippen LogP contribution in [-0.4, -0.2) is 27.2 Å². The fraction of sp³-hybridized carbons (Fsp3) is 0.300. The standard InChI is InChI=1S/C10H12N4O2/c1-2-15-8-4-3-5-9(6-8)16-7-10-11-13-14-12-10/h3-6H,2,7H2,1H3,(H,11,12,13,14). The maximum atomic E-state index is 5.47. The summed E-state index contributed by atoms with van der Waals surface area (Å²) in [6.07, 6.45) is 0. The number of H-pyrrole nitrogens is 1. The van der Waals surface area contributed by atoms with Gasteiger partial charge in [0.1, 0.15) is 11.5 Å². The predicted octanol–water partition coefficient (Wildman–Crippen LogP) is 1.18. The molecular weight excluding hydrogens is 208 g/mol. The first-order chi connectivity index (χ1) is 7.88. The third-order valence-electron chi connectivity index (χ3n) is 1.87. The number of nitrogens with zero attached hydrogens (tertiary/aromatic N) is 3. The van der Waals surface area contributed by atoms with Gasteiger partial charge in [-0.3, -0.25) is 0 Å². The Balaban J connectivity index is 1.96. The highest BCUT2D eigenvalue weighted by Crippen LogP contribution is 2.19. The second kappa shape index (κ2) is 5.11. The van der Waals surface area contributed by atoms with E-state index in [1.165, 1.54) is 0 Å². The molecule has 1 heterocycles. The van der Waals surface area contributed by atoms with E-state index in [1.807, 2.05) is 31.2 Å². The quantitative estimate of drug-likeness (QED) is 0.819. The number of benzene rings is 1. The summed E-state index contributed by atoms with van der Waals surface area (Å²) in [6.45, 7) is 2.85. The summed E-state index contributed by atoms with van der Waals surface area (Å²) in [5.41, 5.74) is 0. The molecule has 1 aromatic carbocycles. The van der Waals surface area contributed by atoms with E-state index in [0.717, 1.165) is 11.5 Å². The lowest BCUT2D eigenvalue weighted by Crippen LogP contribution is -1.98. The minimum Gasteiger partial charge on any atom is -0.494 e. The van der Waals surface area contributed by atoms with Crippen LogP contribution in [0, 0.1) is 0 Å². The molecule has 0 aliphatic heterocycles. The Kier molecular flexibility index (Phi) is 3.32. The lowest BCUT2D eigenvalue weighted by Gasteiger charge is -2.06. The Morgan fingerprint density at radius 1 is 1.25 bits per heavy atom. The van der Waals surface area contributed by atoms with Crippen molar-refractivity contribution in [3.8, 4) is 11.5 Å². The van der Waals surface area contributed by atoms with Gasteiger partial charge in [-0.15, -0.1) is 10.2 Å². The van der Waals surface area contributed by atoms with Crippen LogP contribution in [0.25, 0.3) is 0 Å². The molecule has 0 atom stereocenters. The molecule has 0 aliphatic rings. The van der Waals surface area contributed by atoms with Crippen molar-refractivity contribution in [2.24, 2.45) is 0 Å². The molecule has 84 valence electrons. The Hall–Kier alpha value is -2.11. The van der Waals surface area contributed by atoms with Gasteiger partial charge in [0.05, 0.1) is 6.61 Å². The molecule has 0 bridgehead atoms. The molecule has 6 heteroatoms. The highest BCUT2D eigenvalue weighted by atomic mass is 16.5. The second-order valence-corrected chi connectivity index (χ2v) is 3.02. The number of tetrazole rings is 1. The van der Waals surface area contributed by atoms with Crippen molar-refractivity contribution in [1.29, 1.82) is 0 Å². The van der Waals surface area contributed by atoms with Gasteiger partial charge in [-0.1, -0.05) is 11.3 Å². The van der Waals surface area contributed by atoms with Crippen molar-refractivity contribution in [3.05, 3.63) is 30.1 Å². The van der Waals surface area contributed by atoms with Crippen molar-refractivity contribution in [1.82, 2.24) is 20.6 Å². The van der Waals surface area contributed by atoms with Crippen molar-refractivity contribution in [2.45, 2.75) is 13.5 Å². The minimum absolute atomic E-state index is 0.284. The van der Waals surface area contributed by atoms with E-state index in [1.54, 1.807) is 0 Å². The van der Waals surface area contributed by atoms with E-state index >= 15 is 0 Å². The fourth-order valence-electron chi connectivity index (χ4n) is 1.21. The molecule has 0 amide bonds. The molecule has 0 unspecified atom stereocenters. The summed E-state index contributed by atoms with van der Waals surface area (Å²) in [5, 5.41) is 13.4. The SMILES string of the molecule is CCOc1cccc(OCc2nn[nH]n2)c1. The highest BCUT2D eigenvalue weighted by molar-refractivity contribution is 5.32. The van der Waals surface area contributed by atoms with E-state index in [4.69, 9.17) is 9.47 Å². The summed E-state index contributed by atoms with van der Waals surface area (Å²) in [6, 6.07) is 7.42. The van der Waals surface area contributed by atoms with E-state index < -0.39 is 0 Å². The van der Waals surface area contributed by atoms with Gasteiger partial charge >= 0.3 is 0 Å². The zero-order valence-corrected chi connectivity index (χ0v) is 8.88. The summed E-state index contributed by atoms with van der Waals surface area (Å²) < 4.78 is 10.8. The average molecular weight is 220 g/mol. The lowest BCUT2D eigenvalue weighted by molar-refractivity contribution is 0.291. The van der Waals surface area contributed by atoms with E-state index in [9.17, 15) is 0 Å². The Morgan fingerprint density at radius 2 is 2.06 bits per heavy atom. The van der Waals surface area contributed by atoms with Gasteiger partial charge in [0, 0.05) is 6.07 Å². The minimum atomic E-state index is 0.284. The first-order valence-electron chi connectivity index (χ1n) is 4.96. The average Bonchev–Trinajstić information content (AvgIpc) is 2.80. The number of nitrogens with one attached hydrogen (secondary N) is 1. The third-order valence-corrected chi connectivity index (χ3v) is 1.87. The smallest absolute Gasteiger partial charge is 0.211 e. The number of aromatic nitrogens is 4. The molecule has 0 aliphatic carbocycles. The molecule has 0 fully saturated rings. The number of aromatic amines is 1. The van der Waals surface area contributed by atoms with Gasteiger partial charge in [-0.25, -0.2) is 0 Å². The molecule has 2 aromatic rings. The zero-order valence-electron chi connectivity index (χ0n) is 8.88. The zero-order chi connectivity index (χ0) is 11.2. The Morgan fingerprint density at radius 3 is 2.75 bits per heavy atom. The number of hydrogen-bond acceptors (Lipinski definition) is 5. The van der Waals surface area contributed by atoms with Crippen molar-refractivity contribution >= 4 is 0 Å². The maximum Gasteiger partial charge on any atom is 0.211 e. The first-order valence-corrected chi connectivity index (χ1v) is 4.96. The molecule has 16 heavy (non-hydrogen) atoms. The second-order valence-electron chi connectivity index (χ2n) is 3.02. The molecule has 1 aromatic heterocycles. The predicted molar refractivity (Wildman–Crippen MR) is 56.1 cm³/mol. The van der Waals surface area contributed by atoms with Crippen LogP contribution in [0.15, 0.2) is 24.3 Å². The normalized spacial score (nSPS) is 10.1. The van der Waals surface area contributed by atoms with Crippen LogP contribution < -0.4 is 9.47 Å². The summed E-state index contributed by atoms with van der Waals surface area (Å²) >= 11 is 0. The fourth-order valence-corrected chi connectivity index (χ4v) is 1.21. The molecule has 0 spiro atoms. The van der Waals surface area contributed by atoms with Crippen LogP contribution >= 0.6 is 0 Å². The van der Waals surface area contributed by atoms with Crippen molar-refractivity contribution in [3.63, 3.8) is 0 Å². The third kappa shape index (κ3) is 2.69. The summed E-state index contributed by atoms with van der Waals surface area (Å²) in [5.74, 6) is 2.02. The molecular formula is C10H12N4O2.